The van der Waals surface area contributed by atoms with Crippen molar-refractivity contribution in [2.45, 2.75) is 45.0 Å². The summed E-state index contributed by atoms with van der Waals surface area (Å²) in [5.41, 5.74) is 3.21. The fraction of sp³-hybridized carbons (Fsp3) is 0.727. The van der Waals surface area contributed by atoms with Gasteiger partial charge in [-0.25, -0.2) is 0 Å². The lowest BCUT2D eigenvalue weighted by Crippen LogP contribution is -2.17. The SMILES string of the molecule is COC(=O)CC(O)CCC#C[Si](C)(C)C. The van der Waals surface area contributed by atoms with E-state index in [1.165, 1.54) is 7.11 Å². The molecular weight excluding hydrogens is 208 g/mol. The van der Waals surface area contributed by atoms with E-state index >= 15 is 0 Å². The van der Waals surface area contributed by atoms with Gasteiger partial charge in [-0.3, -0.25) is 4.79 Å². The second-order valence-electron chi connectivity index (χ2n) is 4.52. The second-order valence-corrected chi connectivity index (χ2v) is 9.27. The topological polar surface area (TPSA) is 46.5 Å². The Morgan fingerprint density at radius 2 is 2.07 bits per heavy atom. The van der Waals surface area contributed by atoms with Gasteiger partial charge in [0.1, 0.15) is 8.07 Å². The fourth-order valence-corrected chi connectivity index (χ4v) is 1.60. The molecule has 3 nitrogen and oxygen atoms in total. The first-order valence-corrected chi connectivity index (χ1v) is 8.60. The van der Waals surface area contributed by atoms with Gasteiger partial charge >= 0.3 is 5.97 Å². The summed E-state index contributed by atoms with van der Waals surface area (Å²) < 4.78 is 4.45. The first kappa shape index (κ1) is 14.2. The summed E-state index contributed by atoms with van der Waals surface area (Å²) in [6.45, 7) is 6.51. The molecule has 1 N–H and O–H groups in total. The van der Waals surface area contributed by atoms with Crippen molar-refractivity contribution in [1.29, 1.82) is 0 Å². The lowest BCUT2D eigenvalue weighted by Gasteiger charge is -2.07. The fourth-order valence-electron chi connectivity index (χ4n) is 0.944. The van der Waals surface area contributed by atoms with E-state index < -0.39 is 14.2 Å². The van der Waals surface area contributed by atoms with Gasteiger partial charge in [-0.15, -0.1) is 11.5 Å². The molecule has 0 saturated heterocycles. The number of hydrogen-bond donors (Lipinski definition) is 1. The Morgan fingerprint density at radius 1 is 1.47 bits per heavy atom. The molecule has 0 radical (unpaired) electrons. The van der Waals surface area contributed by atoms with Crippen molar-refractivity contribution in [3.8, 4) is 11.5 Å². The van der Waals surface area contributed by atoms with Crippen LogP contribution in [0.15, 0.2) is 0 Å². The van der Waals surface area contributed by atoms with E-state index in [0.717, 1.165) is 0 Å². The maximum Gasteiger partial charge on any atom is 0.308 e. The molecule has 86 valence electrons. The number of carbonyl (C=O) groups excluding carboxylic acids is 1. The van der Waals surface area contributed by atoms with E-state index in [9.17, 15) is 9.90 Å². The molecule has 0 fully saturated rings. The first-order valence-electron chi connectivity index (χ1n) is 5.10. The number of carbonyl (C=O) groups is 1. The Balaban J connectivity index is 3.76. The molecule has 0 rings (SSSR count). The zero-order valence-electron chi connectivity index (χ0n) is 9.96. The number of aliphatic hydroxyl groups excluding tert-OH is 1. The molecule has 0 heterocycles. The summed E-state index contributed by atoms with van der Waals surface area (Å²) in [5.74, 6) is 2.67. The van der Waals surface area contributed by atoms with Gasteiger partial charge in [-0.05, 0) is 6.42 Å². The number of ether oxygens (including phenoxy) is 1. The average Bonchev–Trinajstić information content (AvgIpc) is 2.11. The molecule has 0 spiro atoms. The Labute approximate surface area is 92.8 Å². The molecule has 0 bridgehead atoms. The third-order valence-electron chi connectivity index (χ3n) is 1.70. The summed E-state index contributed by atoms with van der Waals surface area (Å²) in [6, 6.07) is 0. The highest BCUT2D eigenvalue weighted by molar-refractivity contribution is 6.83. The predicted octanol–water partition coefficient (Wildman–Crippen LogP) is 1.57. The van der Waals surface area contributed by atoms with Gasteiger partial charge < -0.3 is 9.84 Å². The third-order valence-corrected chi connectivity index (χ3v) is 2.62. The minimum Gasteiger partial charge on any atom is -0.469 e. The zero-order valence-corrected chi connectivity index (χ0v) is 11.0. The van der Waals surface area contributed by atoms with E-state index in [4.69, 9.17) is 0 Å². The standard InChI is InChI=1S/C11H20O3Si/c1-14-11(13)9-10(12)7-5-6-8-15(2,3)4/h10,12H,5,7,9H2,1-4H3. The lowest BCUT2D eigenvalue weighted by atomic mass is 10.1. The van der Waals surface area contributed by atoms with Crippen LogP contribution in [0.1, 0.15) is 19.3 Å². The smallest absolute Gasteiger partial charge is 0.308 e. The monoisotopic (exact) mass is 228 g/mol. The molecule has 0 aliphatic rings. The van der Waals surface area contributed by atoms with Crippen LogP contribution in [0.2, 0.25) is 19.6 Å². The Kier molecular flexibility index (Phi) is 6.30. The van der Waals surface area contributed by atoms with Crippen LogP contribution in [0.3, 0.4) is 0 Å². The van der Waals surface area contributed by atoms with Gasteiger partial charge in [0.05, 0.1) is 19.6 Å². The summed E-state index contributed by atoms with van der Waals surface area (Å²) in [5, 5.41) is 9.42. The highest BCUT2D eigenvalue weighted by Gasteiger charge is 2.10. The van der Waals surface area contributed by atoms with Crippen LogP contribution in [0.4, 0.5) is 0 Å². The van der Waals surface area contributed by atoms with Crippen LogP contribution in [0.25, 0.3) is 0 Å². The maximum atomic E-state index is 10.8. The molecule has 1 unspecified atom stereocenters. The quantitative estimate of drug-likeness (QED) is 0.451. The average molecular weight is 228 g/mol. The molecule has 0 aromatic carbocycles. The normalized spacial score (nSPS) is 12.6. The van der Waals surface area contributed by atoms with Crippen LogP contribution in [-0.4, -0.2) is 32.4 Å². The molecule has 0 aliphatic heterocycles. The molecule has 1 atom stereocenters. The molecule has 0 saturated carbocycles. The molecular formula is C11H20O3Si. The second kappa shape index (κ2) is 6.65. The van der Waals surface area contributed by atoms with Gasteiger partial charge in [0.2, 0.25) is 0 Å². The largest absolute Gasteiger partial charge is 0.469 e. The maximum absolute atomic E-state index is 10.8. The van der Waals surface area contributed by atoms with Crippen molar-refractivity contribution in [1.82, 2.24) is 0 Å². The van der Waals surface area contributed by atoms with E-state index in [1.807, 2.05) is 0 Å². The summed E-state index contributed by atoms with van der Waals surface area (Å²) >= 11 is 0. The number of aliphatic hydroxyl groups is 1. The predicted molar refractivity (Wildman–Crippen MR) is 63.0 cm³/mol. The number of hydrogen-bond acceptors (Lipinski definition) is 3. The molecule has 0 amide bonds. The Hall–Kier alpha value is -0.793. The number of esters is 1. The van der Waals surface area contributed by atoms with Crippen LogP contribution < -0.4 is 0 Å². The highest BCUT2D eigenvalue weighted by atomic mass is 28.3. The summed E-state index contributed by atoms with van der Waals surface area (Å²) in [4.78, 5) is 10.8. The van der Waals surface area contributed by atoms with Crippen molar-refractivity contribution < 1.29 is 14.6 Å². The van der Waals surface area contributed by atoms with Crippen molar-refractivity contribution in [2.75, 3.05) is 7.11 Å². The van der Waals surface area contributed by atoms with E-state index in [2.05, 4.69) is 35.8 Å². The van der Waals surface area contributed by atoms with Crippen molar-refractivity contribution in [3.63, 3.8) is 0 Å². The van der Waals surface area contributed by atoms with Gasteiger partial charge in [0.15, 0.2) is 0 Å². The van der Waals surface area contributed by atoms with Crippen LogP contribution in [0, 0.1) is 11.5 Å². The number of methoxy groups -OCH3 is 1. The van der Waals surface area contributed by atoms with E-state index in [-0.39, 0.29) is 12.4 Å². The van der Waals surface area contributed by atoms with Crippen molar-refractivity contribution in [2.24, 2.45) is 0 Å². The van der Waals surface area contributed by atoms with Gasteiger partial charge in [0.25, 0.3) is 0 Å². The molecule has 4 heteroatoms. The van der Waals surface area contributed by atoms with Gasteiger partial charge in [-0.2, -0.15) is 0 Å². The molecule has 0 aromatic rings. The Bertz CT molecular complexity index is 257. The van der Waals surface area contributed by atoms with Gasteiger partial charge in [-0.1, -0.05) is 19.6 Å². The zero-order chi connectivity index (χ0) is 11.9. The van der Waals surface area contributed by atoms with E-state index in [0.29, 0.717) is 12.8 Å². The van der Waals surface area contributed by atoms with E-state index in [1.54, 1.807) is 0 Å². The first-order chi connectivity index (χ1) is 6.85. The molecule has 0 aromatic heterocycles. The van der Waals surface area contributed by atoms with Crippen LogP contribution in [0.5, 0.6) is 0 Å². The third kappa shape index (κ3) is 9.51. The van der Waals surface area contributed by atoms with Crippen molar-refractivity contribution >= 4 is 14.0 Å². The van der Waals surface area contributed by atoms with Gasteiger partial charge in [0, 0.05) is 6.42 Å². The molecule has 0 aliphatic carbocycles. The number of rotatable bonds is 4. The summed E-state index contributed by atoms with van der Waals surface area (Å²) in [6.07, 6.45) is 0.605. The highest BCUT2D eigenvalue weighted by Crippen LogP contribution is 2.03. The lowest BCUT2D eigenvalue weighted by molar-refractivity contribution is -0.142. The minimum atomic E-state index is -1.30. The molecule has 15 heavy (non-hydrogen) atoms. The Morgan fingerprint density at radius 3 is 2.53 bits per heavy atom. The van der Waals surface area contributed by atoms with Crippen LogP contribution in [-0.2, 0) is 9.53 Å². The summed E-state index contributed by atoms with van der Waals surface area (Å²) in [7, 11) is 0.0170. The van der Waals surface area contributed by atoms with Crippen LogP contribution >= 0.6 is 0 Å². The minimum absolute atomic E-state index is 0.0606. The van der Waals surface area contributed by atoms with Crippen molar-refractivity contribution in [3.05, 3.63) is 0 Å².